The molecular formula is C24H20F4N2O. The minimum Gasteiger partial charge on any atom is -0.487 e. The molecule has 0 amide bonds. The normalized spacial score (nSPS) is 11.8. The van der Waals surface area contributed by atoms with Crippen LogP contribution in [0.15, 0.2) is 60.8 Å². The lowest BCUT2D eigenvalue weighted by molar-refractivity contribution is -0.137. The molecule has 0 aliphatic heterocycles. The number of hydrogen-bond acceptors (Lipinski definition) is 2. The van der Waals surface area contributed by atoms with Crippen LogP contribution in [0.4, 0.5) is 17.6 Å². The third-order valence-corrected chi connectivity index (χ3v) is 5.37. The Morgan fingerprint density at radius 3 is 2.39 bits per heavy atom. The standard InChI is InChI=1S/C24H20F4N2O/c1-15-16(2)30(13-18-4-3-5-20(25)12-18)23-21(10-11-29-22(15)23)31-14-17-6-8-19(9-7-17)24(26,27)28/h3-12H,13-14H2,1-2H3. The number of aryl methyl sites for hydroxylation is 1. The lowest BCUT2D eigenvalue weighted by atomic mass is 10.1. The van der Waals surface area contributed by atoms with E-state index in [-0.39, 0.29) is 12.4 Å². The molecule has 2 aromatic carbocycles. The first-order valence-corrected chi connectivity index (χ1v) is 9.72. The molecule has 0 atom stereocenters. The van der Waals surface area contributed by atoms with Gasteiger partial charge in [0.15, 0.2) is 0 Å². The predicted molar refractivity (Wildman–Crippen MR) is 110 cm³/mol. The van der Waals surface area contributed by atoms with Crippen LogP contribution in [-0.2, 0) is 19.3 Å². The highest BCUT2D eigenvalue weighted by atomic mass is 19.4. The fourth-order valence-electron chi connectivity index (χ4n) is 3.60. The number of aromatic nitrogens is 2. The number of ether oxygens (including phenoxy) is 1. The van der Waals surface area contributed by atoms with E-state index in [4.69, 9.17) is 4.74 Å². The Morgan fingerprint density at radius 2 is 1.71 bits per heavy atom. The highest BCUT2D eigenvalue weighted by Crippen LogP contribution is 2.33. The first-order valence-electron chi connectivity index (χ1n) is 9.72. The van der Waals surface area contributed by atoms with Crippen LogP contribution in [0.3, 0.4) is 0 Å². The number of rotatable bonds is 5. The van der Waals surface area contributed by atoms with Crippen molar-refractivity contribution in [3.8, 4) is 5.75 Å². The van der Waals surface area contributed by atoms with Gasteiger partial charge >= 0.3 is 6.18 Å². The van der Waals surface area contributed by atoms with Crippen molar-refractivity contribution in [2.24, 2.45) is 0 Å². The minimum absolute atomic E-state index is 0.112. The van der Waals surface area contributed by atoms with E-state index in [1.54, 1.807) is 18.3 Å². The molecule has 0 aliphatic rings. The van der Waals surface area contributed by atoms with Crippen LogP contribution in [-0.4, -0.2) is 9.55 Å². The van der Waals surface area contributed by atoms with E-state index in [0.29, 0.717) is 17.9 Å². The summed E-state index contributed by atoms with van der Waals surface area (Å²) in [6.07, 6.45) is -2.73. The van der Waals surface area contributed by atoms with Gasteiger partial charge in [-0.25, -0.2) is 4.39 Å². The van der Waals surface area contributed by atoms with Crippen molar-refractivity contribution in [1.29, 1.82) is 0 Å². The van der Waals surface area contributed by atoms with Crippen LogP contribution < -0.4 is 4.74 Å². The van der Waals surface area contributed by atoms with Gasteiger partial charge in [0.05, 0.1) is 11.1 Å². The second-order valence-electron chi connectivity index (χ2n) is 7.42. The van der Waals surface area contributed by atoms with Gasteiger partial charge in [-0.05, 0) is 54.8 Å². The molecule has 31 heavy (non-hydrogen) atoms. The molecule has 0 spiro atoms. The number of benzene rings is 2. The third-order valence-electron chi connectivity index (χ3n) is 5.37. The van der Waals surface area contributed by atoms with E-state index in [1.807, 2.05) is 24.5 Å². The molecule has 0 aliphatic carbocycles. The summed E-state index contributed by atoms with van der Waals surface area (Å²) >= 11 is 0. The van der Waals surface area contributed by atoms with Gasteiger partial charge in [0.25, 0.3) is 0 Å². The van der Waals surface area contributed by atoms with Crippen molar-refractivity contribution >= 4 is 11.0 Å². The highest BCUT2D eigenvalue weighted by Gasteiger charge is 2.30. The zero-order valence-corrected chi connectivity index (χ0v) is 17.0. The summed E-state index contributed by atoms with van der Waals surface area (Å²) in [5.41, 5.74) is 4.25. The van der Waals surface area contributed by atoms with Gasteiger partial charge in [-0.3, -0.25) is 4.98 Å². The smallest absolute Gasteiger partial charge is 0.416 e. The van der Waals surface area contributed by atoms with Crippen LogP contribution >= 0.6 is 0 Å². The Balaban J connectivity index is 1.66. The molecule has 4 aromatic rings. The topological polar surface area (TPSA) is 27.1 Å². The van der Waals surface area contributed by atoms with Gasteiger partial charge in [0.1, 0.15) is 23.7 Å². The summed E-state index contributed by atoms with van der Waals surface area (Å²) < 4.78 is 60.0. The van der Waals surface area contributed by atoms with E-state index in [1.165, 1.54) is 24.3 Å². The molecule has 0 N–H and O–H groups in total. The molecule has 0 saturated carbocycles. The molecule has 2 heterocycles. The van der Waals surface area contributed by atoms with Crippen LogP contribution in [0.2, 0.25) is 0 Å². The lowest BCUT2D eigenvalue weighted by Crippen LogP contribution is -2.06. The van der Waals surface area contributed by atoms with E-state index in [2.05, 4.69) is 4.98 Å². The Kier molecular flexibility index (Phi) is 5.43. The monoisotopic (exact) mass is 428 g/mol. The van der Waals surface area contributed by atoms with Crippen molar-refractivity contribution in [3.63, 3.8) is 0 Å². The average molecular weight is 428 g/mol. The van der Waals surface area contributed by atoms with Gasteiger partial charge in [0, 0.05) is 24.5 Å². The van der Waals surface area contributed by atoms with Crippen molar-refractivity contribution in [1.82, 2.24) is 9.55 Å². The SMILES string of the molecule is Cc1c(C)n(Cc2cccc(F)c2)c2c(OCc3ccc(C(F)(F)F)cc3)ccnc12. The summed E-state index contributed by atoms with van der Waals surface area (Å²) in [5, 5.41) is 0. The van der Waals surface area contributed by atoms with E-state index in [9.17, 15) is 17.6 Å². The van der Waals surface area contributed by atoms with Gasteiger partial charge in [-0.15, -0.1) is 0 Å². The Hall–Kier alpha value is -3.35. The van der Waals surface area contributed by atoms with Crippen molar-refractivity contribution in [3.05, 3.63) is 94.6 Å². The third kappa shape index (κ3) is 4.26. The molecule has 0 unspecified atom stereocenters. The van der Waals surface area contributed by atoms with Crippen molar-refractivity contribution in [2.45, 2.75) is 33.2 Å². The second-order valence-corrected chi connectivity index (χ2v) is 7.42. The molecular weight excluding hydrogens is 408 g/mol. The van der Waals surface area contributed by atoms with Crippen LogP contribution in [0, 0.1) is 19.7 Å². The van der Waals surface area contributed by atoms with E-state index < -0.39 is 11.7 Å². The fraction of sp³-hybridized carbons (Fsp3) is 0.208. The summed E-state index contributed by atoms with van der Waals surface area (Å²) in [6, 6.07) is 13.0. The van der Waals surface area contributed by atoms with Crippen molar-refractivity contribution in [2.75, 3.05) is 0 Å². The zero-order valence-electron chi connectivity index (χ0n) is 17.0. The minimum atomic E-state index is -4.37. The van der Waals surface area contributed by atoms with Crippen LogP contribution in [0.1, 0.15) is 27.9 Å². The number of nitrogens with zero attached hydrogens (tertiary/aromatic N) is 2. The lowest BCUT2D eigenvalue weighted by Gasteiger charge is -2.13. The maximum Gasteiger partial charge on any atom is 0.416 e. The molecule has 0 radical (unpaired) electrons. The Morgan fingerprint density at radius 1 is 0.968 bits per heavy atom. The first kappa shape index (κ1) is 20.9. The largest absolute Gasteiger partial charge is 0.487 e. The highest BCUT2D eigenvalue weighted by molar-refractivity contribution is 5.86. The molecule has 0 saturated heterocycles. The summed E-state index contributed by atoms with van der Waals surface area (Å²) in [5.74, 6) is 0.262. The van der Waals surface area contributed by atoms with Gasteiger partial charge < -0.3 is 9.30 Å². The number of hydrogen-bond donors (Lipinski definition) is 0. The van der Waals surface area contributed by atoms with Gasteiger partial charge in [-0.2, -0.15) is 13.2 Å². The quantitative estimate of drug-likeness (QED) is 0.342. The molecule has 0 bridgehead atoms. The number of pyridine rings is 1. The summed E-state index contributed by atoms with van der Waals surface area (Å²) in [7, 11) is 0. The summed E-state index contributed by atoms with van der Waals surface area (Å²) in [6.45, 7) is 4.49. The zero-order chi connectivity index (χ0) is 22.2. The van der Waals surface area contributed by atoms with Crippen LogP contribution in [0.25, 0.3) is 11.0 Å². The molecule has 3 nitrogen and oxygen atoms in total. The average Bonchev–Trinajstić information content (AvgIpc) is 2.97. The number of fused-ring (bicyclic) bond motifs is 1. The van der Waals surface area contributed by atoms with Gasteiger partial charge in [0.2, 0.25) is 0 Å². The molecule has 7 heteroatoms. The Bertz CT molecular complexity index is 1230. The number of halogens is 4. The second kappa shape index (κ2) is 8.06. The Labute approximate surface area is 176 Å². The first-order chi connectivity index (χ1) is 14.7. The van der Waals surface area contributed by atoms with E-state index >= 15 is 0 Å². The van der Waals surface area contributed by atoms with Gasteiger partial charge in [-0.1, -0.05) is 24.3 Å². The predicted octanol–water partition coefficient (Wildman–Crippen LogP) is 6.44. The van der Waals surface area contributed by atoms with Crippen molar-refractivity contribution < 1.29 is 22.3 Å². The maximum atomic E-state index is 13.7. The molecule has 160 valence electrons. The molecule has 4 rings (SSSR count). The van der Waals surface area contributed by atoms with Crippen LogP contribution in [0.5, 0.6) is 5.75 Å². The maximum absolute atomic E-state index is 13.7. The molecule has 2 aromatic heterocycles. The van der Waals surface area contributed by atoms with E-state index in [0.717, 1.165) is 40.0 Å². The summed E-state index contributed by atoms with van der Waals surface area (Å²) in [4.78, 5) is 4.48. The fourth-order valence-corrected chi connectivity index (χ4v) is 3.60. The molecule has 0 fully saturated rings. The number of alkyl halides is 3.